The predicted octanol–water partition coefficient (Wildman–Crippen LogP) is 7.55. The van der Waals surface area contributed by atoms with Crippen molar-refractivity contribution in [3.63, 3.8) is 0 Å². The Labute approximate surface area is 184 Å². The van der Waals surface area contributed by atoms with Crippen LogP contribution in [-0.2, 0) is 0 Å². The van der Waals surface area contributed by atoms with Crippen molar-refractivity contribution in [3.8, 4) is 17.1 Å². The topological polar surface area (TPSA) is 35.0 Å². The maximum Gasteiger partial charge on any atom is 0.159 e. The van der Waals surface area contributed by atoms with Gasteiger partial charge in [0.2, 0.25) is 0 Å². The second-order valence-electron chi connectivity index (χ2n) is 8.50. The summed E-state index contributed by atoms with van der Waals surface area (Å²) in [7, 11) is 0. The zero-order valence-electron chi connectivity index (χ0n) is 17.9. The number of aromatic nitrogens is 2. The molecular formula is C25H35BrN2O. The molecule has 158 valence electrons. The van der Waals surface area contributed by atoms with Gasteiger partial charge in [-0.15, -0.1) is 0 Å². The predicted molar refractivity (Wildman–Crippen MR) is 125 cm³/mol. The zero-order chi connectivity index (χ0) is 20.5. The van der Waals surface area contributed by atoms with Gasteiger partial charge in [-0.05, 0) is 73.8 Å². The van der Waals surface area contributed by atoms with Crippen LogP contribution in [0.2, 0.25) is 0 Å². The molecule has 0 saturated heterocycles. The van der Waals surface area contributed by atoms with Crippen molar-refractivity contribution < 1.29 is 4.74 Å². The van der Waals surface area contributed by atoms with E-state index in [1.807, 2.05) is 36.7 Å². The van der Waals surface area contributed by atoms with E-state index in [9.17, 15) is 0 Å². The number of nitrogens with zero attached hydrogens (tertiary/aromatic N) is 2. The first-order chi connectivity index (χ1) is 14.2. The van der Waals surface area contributed by atoms with Gasteiger partial charge in [-0.2, -0.15) is 0 Å². The number of hydrogen-bond donors (Lipinski definition) is 0. The lowest BCUT2D eigenvalue weighted by atomic mass is 9.77. The average Bonchev–Trinajstić information content (AvgIpc) is 2.75. The Kier molecular flexibility index (Phi) is 8.97. The maximum atomic E-state index is 5.77. The summed E-state index contributed by atoms with van der Waals surface area (Å²) in [5, 5.41) is 0. The van der Waals surface area contributed by atoms with E-state index in [4.69, 9.17) is 4.74 Å². The minimum atomic E-state index is 0.477. The third-order valence-electron chi connectivity index (χ3n) is 6.10. The molecule has 4 heteroatoms. The molecule has 0 amide bonds. The molecule has 0 aliphatic heterocycles. The van der Waals surface area contributed by atoms with Gasteiger partial charge in [0.1, 0.15) is 5.75 Å². The van der Waals surface area contributed by atoms with E-state index >= 15 is 0 Å². The highest BCUT2D eigenvalue weighted by atomic mass is 79.9. The van der Waals surface area contributed by atoms with Crippen molar-refractivity contribution >= 4 is 15.9 Å². The van der Waals surface area contributed by atoms with Crippen LogP contribution >= 0.6 is 15.9 Å². The highest BCUT2D eigenvalue weighted by Gasteiger charge is 2.22. The van der Waals surface area contributed by atoms with Gasteiger partial charge in [-0.25, -0.2) is 9.97 Å². The summed E-state index contributed by atoms with van der Waals surface area (Å²) < 4.78 is 5.77. The van der Waals surface area contributed by atoms with Crippen LogP contribution in [0.3, 0.4) is 0 Å². The minimum absolute atomic E-state index is 0.477. The van der Waals surface area contributed by atoms with E-state index < -0.39 is 0 Å². The largest absolute Gasteiger partial charge is 0.494 e. The highest BCUT2D eigenvalue weighted by molar-refractivity contribution is 9.09. The molecule has 1 aromatic heterocycles. The summed E-state index contributed by atoms with van der Waals surface area (Å²) in [5.74, 6) is 3.27. The van der Waals surface area contributed by atoms with Gasteiger partial charge in [-0.1, -0.05) is 55.5 Å². The van der Waals surface area contributed by atoms with E-state index in [0.717, 1.165) is 36.1 Å². The summed E-state index contributed by atoms with van der Waals surface area (Å²) in [6, 6.07) is 8.10. The molecule has 1 fully saturated rings. The first kappa shape index (κ1) is 22.3. The third kappa shape index (κ3) is 7.09. The monoisotopic (exact) mass is 458 g/mol. The number of benzene rings is 1. The van der Waals surface area contributed by atoms with Crippen LogP contribution in [0.4, 0.5) is 0 Å². The molecule has 2 aromatic rings. The highest BCUT2D eigenvalue weighted by Crippen LogP contribution is 2.37. The molecule has 1 aliphatic rings. The van der Waals surface area contributed by atoms with E-state index in [1.54, 1.807) is 0 Å². The summed E-state index contributed by atoms with van der Waals surface area (Å²) in [5.41, 5.74) is 2.35. The Morgan fingerprint density at radius 2 is 1.72 bits per heavy atom. The smallest absolute Gasteiger partial charge is 0.159 e. The van der Waals surface area contributed by atoms with Crippen LogP contribution in [-0.4, -0.2) is 21.4 Å². The lowest BCUT2D eigenvalue weighted by Gasteiger charge is -2.28. The molecular weight excluding hydrogens is 424 g/mol. The van der Waals surface area contributed by atoms with Crippen molar-refractivity contribution in [1.29, 1.82) is 0 Å². The Balaban J connectivity index is 1.50. The molecule has 1 aliphatic carbocycles. The number of hydrogen-bond acceptors (Lipinski definition) is 3. The molecule has 1 saturated carbocycles. The molecule has 0 bridgehead atoms. The number of ether oxygens (including phenoxy) is 1. The molecule has 1 aromatic carbocycles. The van der Waals surface area contributed by atoms with Gasteiger partial charge in [0.15, 0.2) is 5.82 Å². The molecule has 3 nitrogen and oxygen atoms in total. The fourth-order valence-electron chi connectivity index (χ4n) is 4.20. The first-order valence-corrected chi connectivity index (χ1v) is 12.3. The van der Waals surface area contributed by atoms with E-state index in [0.29, 0.717) is 10.7 Å². The number of alkyl halides is 1. The van der Waals surface area contributed by atoms with Gasteiger partial charge in [0, 0.05) is 22.8 Å². The normalized spacial score (nSPS) is 20.4. The van der Waals surface area contributed by atoms with Gasteiger partial charge in [0.05, 0.1) is 6.61 Å². The number of unbranched alkanes of at least 4 members (excludes halogenated alkanes) is 2. The fourth-order valence-corrected chi connectivity index (χ4v) is 4.39. The maximum absolute atomic E-state index is 5.77. The van der Waals surface area contributed by atoms with Crippen LogP contribution in [0.1, 0.15) is 83.1 Å². The Hall–Kier alpha value is -1.42. The summed E-state index contributed by atoms with van der Waals surface area (Å²) >= 11 is 3.54. The quantitative estimate of drug-likeness (QED) is 0.272. The molecule has 29 heavy (non-hydrogen) atoms. The Morgan fingerprint density at radius 3 is 2.34 bits per heavy atom. The van der Waals surface area contributed by atoms with Gasteiger partial charge < -0.3 is 4.74 Å². The average molecular weight is 459 g/mol. The van der Waals surface area contributed by atoms with Crippen molar-refractivity contribution in [2.24, 2.45) is 5.92 Å². The first-order valence-electron chi connectivity index (χ1n) is 11.3. The van der Waals surface area contributed by atoms with Crippen molar-refractivity contribution in [3.05, 3.63) is 42.2 Å². The lowest BCUT2D eigenvalue weighted by molar-refractivity contribution is 0.302. The van der Waals surface area contributed by atoms with Crippen LogP contribution in [0.15, 0.2) is 36.7 Å². The Bertz CT molecular complexity index is 707. The van der Waals surface area contributed by atoms with Crippen molar-refractivity contribution in [2.75, 3.05) is 6.61 Å². The lowest BCUT2D eigenvalue weighted by Crippen LogP contribution is -2.14. The summed E-state index contributed by atoms with van der Waals surface area (Å²) in [6.07, 6.45) is 15.9. The molecule has 1 unspecified atom stereocenters. The molecule has 1 atom stereocenters. The van der Waals surface area contributed by atoms with Crippen molar-refractivity contribution in [2.45, 2.75) is 82.4 Å². The number of rotatable bonds is 10. The summed E-state index contributed by atoms with van der Waals surface area (Å²) in [4.78, 5) is 9.80. The van der Waals surface area contributed by atoms with E-state index in [2.05, 4.69) is 39.7 Å². The van der Waals surface area contributed by atoms with Gasteiger partial charge >= 0.3 is 0 Å². The molecule has 1 heterocycles. The molecule has 0 N–H and O–H groups in total. The molecule has 0 radical (unpaired) electrons. The van der Waals surface area contributed by atoms with Crippen molar-refractivity contribution in [1.82, 2.24) is 9.97 Å². The minimum Gasteiger partial charge on any atom is -0.494 e. The van der Waals surface area contributed by atoms with Crippen LogP contribution in [0.25, 0.3) is 11.4 Å². The summed E-state index contributed by atoms with van der Waals surface area (Å²) in [6.45, 7) is 5.14. The fraction of sp³-hybridized carbons (Fsp3) is 0.600. The standard InChI is InChI=1S/C25H35BrN2O/c1-3-4-5-6-20-7-9-21(10-8-20)23-17-27-25(28-18-23)22-11-13-24(14-12-22)29-16-15-19(2)26/h11-14,17-21H,3-10,15-16H2,1-2H3. The third-order valence-corrected chi connectivity index (χ3v) is 6.56. The van der Waals surface area contributed by atoms with E-state index in [-0.39, 0.29) is 0 Å². The second-order valence-corrected chi connectivity index (χ2v) is 10.1. The second kappa shape index (κ2) is 11.7. The number of halogens is 1. The van der Waals surface area contributed by atoms with Gasteiger partial charge in [-0.3, -0.25) is 0 Å². The molecule has 0 spiro atoms. The van der Waals surface area contributed by atoms with Crippen LogP contribution in [0.5, 0.6) is 5.75 Å². The SMILES string of the molecule is CCCCCC1CCC(c2cnc(-c3ccc(OCCC(C)Br)cc3)nc2)CC1. The van der Waals surface area contributed by atoms with Crippen LogP contribution in [0, 0.1) is 5.92 Å². The molecule has 3 rings (SSSR count). The zero-order valence-corrected chi connectivity index (χ0v) is 19.5. The van der Waals surface area contributed by atoms with Crippen LogP contribution < -0.4 is 4.74 Å². The Morgan fingerprint density at radius 1 is 1.03 bits per heavy atom. The van der Waals surface area contributed by atoms with E-state index in [1.165, 1.54) is 56.9 Å². The van der Waals surface area contributed by atoms with Gasteiger partial charge in [0.25, 0.3) is 0 Å².